The lowest BCUT2D eigenvalue weighted by Gasteiger charge is -2.32. The quantitative estimate of drug-likeness (QED) is 0.678. The van der Waals surface area contributed by atoms with Crippen LogP contribution < -0.4 is 5.32 Å². The van der Waals surface area contributed by atoms with Crippen molar-refractivity contribution >= 4 is 0 Å². The Labute approximate surface area is 99.9 Å². The molecule has 0 saturated heterocycles. The zero-order valence-corrected chi connectivity index (χ0v) is 11.0. The molecule has 2 unspecified atom stereocenters. The molecule has 0 spiro atoms. The fourth-order valence-electron chi connectivity index (χ4n) is 2.69. The summed E-state index contributed by atoms with van der Waals surface area (Å²) in [7, 11) is 1.70. The fraction of sp³-hybridized carbons (Fsp3) is 1.00. The monoisotopic (exact) mass is 229 g/mol. The van der Waals surface area contributed by atoms with Crippen molar-refractivity contribution < 1.29 is 9.47 Å². The predicted octanol–water partition coefficient (Wildman–Crippen LogP) is 2.06. The maximum Gasteiger partial charge on any atom is 0.0700 e. The Morgan fingerprint density at radius 3 is 2.31 bits per heavy atom. The third-order valence-electron chi connectivity index (χ3n) is 3.29. The highest BCUT2D eigenvalue weighted by Crippen LogP contribution is 2.28. The first-order valence-corrected chi connectivity index (χ1v) is 6.52. The smallest absolute Gasteiger partial charge is 0.0700 e. The molecular weight excluding hydrogens is 202 g/mol. The molecule has 3 heteroatoms. The van der Waals surface area contributed by atoms with Crippen LogP contribution in [-0.4, -0.2) is 39.5 Å². The van der Waals surface area contributed by atoms with E-state index in [9.17, 15) is 0 Å². The van der Waals surface area contributed by atoms with Gasteiger partial charge >= 0.3 is 0 Å². The average Bonchev–Trinajstić information content (AvgIpc) is 2.22. The van der Waals surface area contributed by atoms with E-state index in [0.29, 0.717) is 19.3 Å². The van der Waals surface area contributed by atoms with Gasteiger partial charge in [0.25, 0.3) is 0 Å². The second-order valence-electron chi connectivity index (χ2n) is 5.17. The molecular formula is C13H27NO2. The Morgan fingerprint density at radius 2 is 1.69 bits per heavy atom. The first kappa shape index (κ1) is 13.9. The molecule has 0 radical (unpaired) electrons. The minimum Gasteiger partial charge on any atom is -0.382 e. The molecule has 0 heterocycles. The first-order valence-electron chi connectivity index (χ1n) is 6.52. The van der Waals surface area contributed by atoms with Crippen molar-refractivity contribution in [1.29, 1.82) is 0 Å². The first-order chi connectivity index (χ1) is 7.72. The molecule has 0 amide bonds. The van der Waals surface area contributed by atoms with Gasteiger partial charge in [0.2, 0.25) is 0 Å². The van der Waals surface area contributed by atoms with Crippen molar-refractivity contribution in [2.75, 3.05) is 33.5 Å². The van der Waals surface area contributed by atoms with Crippen LogP contribution in [0.1, 0.15) is 33.1 Å². The van der Waals surface area contributed by atoms with E-state index in [1.807, 2.05) is 0 Å². The van der Waals surface area contributed by atoms with Crippen molar-refractivity contribution in [3.8, 4) is 0 Å². The lowest BCUT2D eigenvalue weighted by molar-refractivity contribution is 0.0696. The van der Waals surface area contributed by atoms with Gasteiger partial charge in [-0.2, -0.15) is 0 Å². The van der Waals surface area contributed by atoms with E-state index in [-0.39, 0.29) is 0 Å². The molecule has 0 bridgehead atoms. The van der Waals surface area contributed by atoms with E-state index >= 15 is 0 Å². The van der Waals surface area contributed by atoms with Crippen LogP contribution in [0.25, 0.3) is 0 Å². The Kier molecular flexibility index (Phi) is 7.01. The van der Waals surface area contributed by atoms with Crippen LogP contribution in [-0.2, 0) is 9.47 Å². The molecule has 2 atom stereocenters. The van der Waals surface area contributed by atoms with Gasteiger partial charge in [0.05, 0.1) is 19.8 Å². The zero-order chi connectivity index (χ0) is 11.8. The number of ether oxygens (including phenoxy) is 2. The summed E-state index contributed by atoms with van der Waals surface area (Å²) in [5.41, 5.74) is 0. The second kappa shape index (κ2) is 8.04. The van der Waals surface area contributed by atoms with Crippen LogP contribution >= 0.6 is 0 Å². The number of hydrogen-bond acceptors (Lipinski definition) is 3. The van der Waals surface area contributed by atoms with Gasteiger partial charge in [0.15, 0.2) is 0 Å². The van der Waals surface area contributed by atoms with Crippen molar-refractivity contribution in [2.24, 2.45) is 11.8 Å². The standard InChI is InChI=1S/C13H27NO2/c1-11-8-12(2)10-13(9-11)14-4-5-16-7-6-15-3/h11-14H,4-10H2,1-3H3. The van der Waals surface area contributed by atoms with E-state index in [1.54, 1.807) is 7.11 Å². The van der Waals surface area contributed by atoms with E-state index in [1.165, 1.54) is 19.3 Å². The van der Waals surface area contributed by atoms with Crippen LogP contribution in [0.5, 0.6) is 0 Å². The summed E-state index contributed by atoms with van der Waals surface area (Å²) in [4.78, 5) is 0. The number of nitrogens with one attached hydrogen (secondary N) is 1. The van der Waals surface area contributed by atoms with Gasteiger partial charge < -0.3 is 14.8 Å². The largest absolute Gasteiger partial charge is 0.382 e. The van der Waals surface area contributed by atoms with Gasteiger partial charge in [-0.1, -0.05) is 13.8 Å². The topological polar surface area (TPSA) is 30.5 Å². The molecule has 1 aliphatic carbocycles. The molecule has 96 valence electrons. The molecule has 0 aliphatic heterocycles. The normalized spacial score (nSPS) is 30.6. The zero-order valence-electron chi connectivity index (χ0n) is 11.0. The molecule has 0 aromatic heterocycles. The molecule has 3 nitrogen and oxygen atoms in total. The minimum absolute atomic E-state index is 0.692. The highest BCUT2D eigenvalue weighted by molar-refractivity contribution is 4.79. The lowest BCUT2D eigenvalue weighted by Crippen LogP contribution is -2.38. The van der Waals surface area contributed by atoms with Crippen molar-refractivity contribution in [1.82, 2.24) is 5.32 Å². The lowest BCUT2D eigenvalue weighted by atomic mass is 9.80. The summed E-state index contributed by atoms with van der Waals surface area (Å²) in [6.45, 7) is 7.88. The summed E-state index contributed by atoms with van der Waals surface area (Å²) < 4.78 is 10.4. The number of rotatable bonds is 7. The van der Waals surface area contributed by atoms with Crippen LogP contribution in [0.2, 0.25) is 0 Å². The van der Waals surface area contributed by atoms with E-state index < -0.39 is 0 Å². The predicted molar refractivity (Wildman–Crippen MR) is 66.7 cm³/mol. The van der Waals surface area contributed by atoms with Gasteiger partial charge in [-0.3, -0.25) is 0 Å². The van der Waals surface area contributed by atoms with Gasteiger partial charge in [-0.15, -0.1) is 0 Å². The van der Waals surface area contributed by atoms with Crippen molar-refractivity contribution in [2.45, 2.75) is 39.2 Å². The Balaban J connectivity index is 1.99. The summed E-state index contributed by atoms with van der Waals surface area (Å²) in [5.74, 6) is 1.74. The van der Waals surface area contributed by atoms with Gasteiger partial charge in [0.1, 0.15) is 0 Å². The summed E-state index contributed by atoms with van der Waals surface area (Å²) in [5, 5.41) is 3.59. The van der Waals surface area contributed by atoms with Gasteiger partial charge in [-0.05, 0) is 31.1 Å². The fourth-order valence-corrected chi connectivity index (χ4v) is 2.69. The molecule has 0 aromatic carbocycles. The highest BCUT2D eigenvalue weighted by atomic mass is 16.5. The Hall–Kier alpha value is -0.120. The second-order valence-corrected chi connectivity index (χ2v) is 5.17. The third-order valence-corrected chi connectivity index (χ3v) is 3.29. The SMILES string of the molecule is COCCOCCNC1CC(C)CC(C)C1. The summed E-state index contributed by atoms with van der Waals surface area (Å²) >= 11 is 0. The molecule has 1 saturated carbocycles. The number of methoxy groups -OCH3 is 1. The van der Waals surface area contributed by atoms with E-state index in [0.717, 1.165) is 25.0 Å². The van der Waals surface area contributed by atoms with Crippen LogP contribution in [0.15, 0.2) is 0 Å². The summed E-state index contributed by atoms with van der Waals surface area (Å²) in [6.07, 6.45) is 4.04. The van der Waals surface area contributed by atoms with Crippen LogP contribution in [0.4, 0.5) is 0 Å². The molecule has 1 rings (SSSR count). The Morgan fingerprint density at radius 1 is 1.00 bits per heavy atom. The Bertz CT molecular complexity index is 165. The number of hydrogen-bond donors (Lipinski definition) is 1. The van der Waals surface area contributed by atoms with E-state index in [4.69, 9.17) is 9.47 Å². The molecule has 16 heavy (non-hydrogen) atoms. The van der Waals surface area contributed by atoms with Crippen molar-refractivity contribution in [3.05, 3.63) is 0 Å². The van der Waals surface area contributed by atoms with Crippen molar-refractivity contribution in [3.63, 3.8) is 0 Å². The maximum atomic E-state index is 5.43. The molecule has 1 N–H and O–H groups in total. The highest BCUT2D eigenvalue weighted by Gasteiger charge is 2.22. The molecule has 1 fully saturated rings. The van der Waals surface area contributed by atoms with Gasteiger partial charge in [-0.25, -0.2) is 0 Å². The van der Waals surface area contributed by atoms with E-state index in [2.05, 4.69) is 19.2 Å². The van der Waals surface area contributed by atoms with Crippen LogP contribution in [0.3, 0.4) is 0 Å². The third kappa shape index (κ3) is 5.83. The maximum absolute atomic E-state index is 5.43. The molecule has 0 aromatic rings. The minimum atomic E-state index is 0.692. The molecule has 1 aliphatic rings. The summed E-state index contributed by atoms with van der Waals surface area (Å²) in [6, 6.07) is 0.699. The van der Waals surface area contributed by atoms with Crippen LogP contribution in [0, 0.1) is 11.8 Å². The average molecular weight is 229 g/mol. The van der Waals surface area contributed by atoms with Gasteiger partial charge in [0, 0.05) is 19.7 Å².